The van der Waals surface area contributed by atoms with Crippen LogP contribution in [-0.4, -0.2) is 34.8 Å². The Hall–Kier alpha value is -2.44. The highest BCUT2D eigenvalue weighted by Crippen LogP contribution is 2.26. The Morgan fingerprint density at radius 1 is 1.32 bits per heavy atom. The summed E-state index contributed by atoms with van der Waals surface area (Å²) in [5, 5.41) is 16.0. The molecule has 5 N–H and O–H groups in total. The second-order valence-electron chi connectivity index (χ2n) is 6.39. The third kappa shape index (κ3) is 4.55. The minimum Gasteiger partial charge on any atom is -0.507 e. The lowest BCUT2D eigenvalue weighted by molar-refractivity contribution is -0.124. The van der Waals surface area contributed by atoms with Crippen LogP contribution in [0, 0.1) is 0 Å². The zero-order valence-corrected chi connectivity index (χ0v) is 14.1. The molecular formula is C19H24N4O2. The number of amides is 1. The average Bonchev–Trinajstić information content (AvgIpc) is 2.63. The van der Waals surface area contributed by atoms with Crippen molar-refractivity contribution in [3.8, 4) is 17.0 Å². The molecule has 1 aliphatic rings. The maximum Gasteiger partial charge on any atom is 0.238 e. The van der Waals surface area contributed by atoms with E-state index >= 15 is 0 Å². The van der Waals surface area contributed by atoms with E-state index < -0.39 is 6.17 Å². The van der Waals surface area contributed by atoms with Gasteiger partial charge in [0, 0.05) is 18.2 Å². The molecule has 0 bridgehead atoms. The zero-order chi connectivity index (χ0) is 17.6. The van der Waals surface area contributed by atoms with Gasteiger partial charge in [-0.15, -0.1) is 0 Å². The largest absolute Gasteiger partial charge is 0.507 e. The van der Waals surface area contributed by atoms with Gasteiger partial charge < -0.3 is 21.5 Å². The van der Waals surface area contributed by atoms with Crippen LogP contribution < -0.4 is 16.4 Å². The Morgan fingerprint density at radius 2 is 2.16 bits per heavy atom. The molecule has 1 aromatic carbocycles. The molecule has 1 aliphatic heterocycles. The maximum absolute atomic E-state index is 12.2. The Balaban J connectivity index is 1.57. The van der Waals surface area contributed by atoms with Gasteiger partial charge in [-0.2, -0.15) is 0 Å². The number of aromatic hydroxyl groups is 1. The van der Waals surface area contributed by atoms with E-state index in [0.717, 1.165) is 31.4 Å². The van der Waals surface area contributed by atoms with E-state index in [-0.39, 0.29) is 17.7 Å². The first kappa shape index (κ1) is 17.4. The molecule has 0 radical (unpaired) electrons. The molecule has 1 amide bonds. The van der Waals surface area contributed by atoms with Crippen molar-refractivity contribution in [3.05, 3.63) is 48.2 Å². The highest BCUT2D eigenvalue weighted by molar-refractivity contribution is 5.82. The SMILES string of the molecule is N[C@H](Cc1ccc(-c2ccccc2O)nc1)NC(=O)[C@@H]1CCCCN1. The van der Waals surface area contributed by atoms with Crippen LogP contribution in [0.4, 0.5) is 0 Å². The Labute approximate surface area is 147 Å². The molecule has 132 valence electrons. The van der Waals surface area contributed by atoms with Crippen molar-refractivity contribution >= 4 is 5.91 Å². The van der Waals surface area contributed by atoms with Gasteiger partial charge in [0.15, 0.2) is 0 Å². The van der Waals surface area contributed by atoms with E-state index in [1.807, 2.05) is 24.3 Å². The molecule has 3 rings (SSSR count). The predicted molar refractivity (Wildman–Crippen MR) is 96.8 cm³/mol. The molecule has 1 aromatic heterocycles. The summed E-state index contributed by atoms with van der Waals surface area (Å²) in [5.41, 5.74) is 8.38. The van der Waals surface area contributed by atoms with E-state index in [1.165, 1.54) is 0 Å². The average molecular weight is 340 g/mol. The fourth-order valence-electron chi connectivity index (χ4n) is 3.06. The second-order valence-corrected chi connectivity index (χ2v) is 6.39. The normalized spacial score (nSPS) is 18.5. The van der Waals surface area contributed by atoms with Crippen LogP contribution in [0.2, 0.25) is 0 Å². The number of piperidine rings is 1. The van der Waals surface area contributed by atoms with Gasteiger partial charge in [0.1, 0.15) is 5.75 Å². The van der Waals surface area contributed by atoms with Crippen molar-refractivity contribution < 1.29 is 9.90 Å². The van der Waals surface area contributed by atoms with E-state index in [1.54, 1.807) is 18.3 Å². The smallest absolute Gasteiger partial charge is 0.238 e. The van der Waals surface area contributed by atoms with Gasteiger partial charge in [-0.05, 0) is 43.1 Å². The second kappa shape index (κ2) is 8.09. The summed E-state index contributed by atoms with van der Waals surface area (Å²) in [6.07, 6.45) is 4.83. The van der Waals surface area contributed by atoms with Crippen molar-refractivity contribution in [3.63, 3.8) is 0 Å². The lowest BCUT2D eigenvalue weighted by Gasteiger charge is -2.24. The van der Waals surface area contributed by atoms with E-state index in [4.69, 9.17) is 5.73 Å². The summed E-state index contributed by atoms with van der Waals surface area (Å²) < 4.78 is 0. The van der Waals surface area contributed by atoms with Gasteiger partial charge in [-0.3, -0.25) is 9.78 Å². The number of aromatic nitrogens is 1. The number of carbonyl (C=O) groups is 1. The van der Waals surface area contributed by atoms with E-state index in [0.29, 0.717) is 17.7 Å². The summed E-state index contributed by atoms with van der Waals surface area (Å²) >= 11 is 0. The number of nitrogens with two attached hydrogens (primary N) is 1. The first-order chi connectivity index (χ1) is 12.1. The van der Waals surface area contributed by atoms with Crippen molar-refractivity contribution in [2.75, 3.05) is 6.54 Å². The van der Waals surface area contributed by atoms with Gasteiger partial charge in [0.05, 0.1) is 17.9 Å². The van der Waals surface area contributed by atoms with Gasteiger partial charge in [0.25, 0.3) is 0 Å². The van der Waals surface area contributed by atoms with Crippen molar-refractivity contribution in [1.82, 2.24) is 15.6 Å². The Morgan fingerprint density at radius 3 is 2.84 bits per heavy atom. The number of pyridine rings is 1. The summed E-state index contributed by atoms with van der Waals surface area (Å²) in [5.74, 6) is 0.165. The molecule has 2 heterocycles. The number of benzene rings is 1. The summed E-state index contributed by atoms with van der Waals surface area (Å²) in [4.78, 5) is 16.6. The predicted octanol–water partition coefficient (Wildman–Crippen LogP) is 1.54. The van der Waals surface area contributed by atoms with Crippen molar-refractivity contribution in [1.29, 1.82) is 0 Å². The number of hydrogen-bond acceptors (Lipinski definition) is 5. The van der Waals surface area contributed by atoms with Crippen LogP contribution in [0.15, 0.2) is 42.6 Å². The summed E-state index contributed by atoms with van der Waals surface area (Å²) in [6, 6.07) is 10.7. The molecule has 2 atom stereocenters. The van der Waals surface area contributed by atoms with Crippen molar-refractivity contribution in [2.24, 2.45) is 5.73 Å². The van der Waals surface area contributed by atoms with Crippen LogP contribution in [-0.2, 0) is 11.2 Å². The Kier molecular flexibility index (Phi) is 5.63. The van der Waals surface area contributed by atoms with Crippen molar-refractivity contribution in [2.45, 2.75) is 37.9 Å². The van der Waals surface area contributed by atoms with E-state index in [2.05, 4.69) is 15.6 Å². The highest BCUT2D eigenvalue weighted by atomic mass is 16.3. The Bertz CT molecular complexity index is 712. The van der Waals surface area contributed by atoms with Gasteiger partial charge in [-0.25, -0.2) is 0 Å². The maximum atomic E-state index is 12.2. The van der Waals surface area contributed by atoms with Crippen LogP contribution in [0.1, 0.15) is 24.8 Å². The molecular weight excluding hydrogens is 316 g/mol. The highest BCUT2D eigenvalue weighted by Gasteiger charge is 2.21. The quantitative estimate of drug-likeness (QED) is 0.619. The standard InChI is InChI=1S/C19H24N4O2/c20-18(23-19(25)16-6-3-4-10-21-16)11-13-8-9-15(22-12-13)14-5-1-2-7-17(14)24/h1-2,5,7-9,12,16,18,21,24H,3-4,6,10-11,20H2,(H,23,25)/t16-,18-/m0/s1. The molecule has 2 aromatic rings. The molecule has 6 heteroatoms. The number of carbonyl (C=O) groups excluding carboxylic acids is 1. The van der Waals surface area contributed by atoms with Gasteiger partial charge in [-0.1, -0.05) is 24.6 Å². The first-order valence-corrected chi connectivity index (χ1v) is 8.66. The number of nitrogens with one attached hydrogen (secondary N) is 2. The fourth-order valence-corrected chi connectivity index (χ4v) is 3.06. The minimum atomic E-state index is -0.450. The van der Waals surface area contributed by atoms with Crippen LogP contribution >= 0.6 is 0 Å². The zero-order valence-electron chi connectivity index (χ0n) is 14.1. The fraction of sp³-hybridized carbons (Fsp3) is 0.368. The first-order valence-electron chi connectivity index (χ1n) is 8.66. The molecule has 1 saturated heterocycles. The van der Waals surface area contributed by atoms with Crippen LogP contribution in [0.5, 0.6) is 5.75 Å². The molecule has 6 nitrogen and oxygen atoms in total. The van der Waals surface area contributed by atoms with Crippen LogP contribution in [0.25, 0.3) is 11.3 Å². The topological polar surface area (TPSA) is 100 Å². The van der Waals surface area contributed by atoms with E-state index in [9.17, 15) is 9.90 Å². The van der Waals surface area contributed by atoms with Gasteiger partial charge in [0.2, 0.25) is 5.91 Å². The number of hydrogen-bond donors (Lipinski definition) is 4. The van der Waals surface area contributed by atoms with Crippen LogP contribution in [0.3, 0.4) is 0 Å². The van der Waals surface area contributed by atoms with Gasteiger partial charge >= 0.3 is 0 Å². The number of para-hydroxylation sites is 1. The number of phenolic OH excluding ortho intramolecular Hbond substituents is 1. The number of nitrogens with zero attached hydrogens (tertiary/aromatic N) is 1. The molecule has 1 fully saturated rings. The monoisotopic (exact) mass is 340 g/mol. The third-order valence-corrected chi connectivity index (χ3v) is 4.41. The molecule has 0 unspecified atom stereocenters. The molecule has 0 saturated carbocycles. The lowest BCUT2D eigenvalue weighted by atomic mass is 10.0. The summed E-state index contributed by atoms with van der Waals surface area (Å²) in [6.45, 7) is 0.880. The summed E-state index contributed by atoms with van der Waals surface area (Å²) in [7, 11) is 0. The molecule has 0 aliphatic carbocycles. The number of rotatable bonds is 5. The third-order valence-electron chi connectivity index (χ3n) is 4.41. The number of phenols is 1. The lowest BCUT2D eigenvalue weighted by Crippen LogP contribution is -2.52. The minimum absolute atomic E-state index is 0.0361. The molecule has 25 heavy (non-hydrogen) atoms. The molecule has 0 spiro atoms.